The first-order chi connectivity index (χ1) is 14.5. The molecule has 2 rings (SSSR count). The van der Waals surface area contributed by atoms with E-state index in [1.165, 1.54) is 13.8 Å². The number of hydrogen-bond acceptors (Lipinski definition) is 3. The molecule has 1 aromatic carbocycles. The van der Waals surface area contributed by atoms with Crippen molar-refractivity contribution in [3.63, 3.8) is 0 Å². The van der Waals surface area contributed by atoms with E-state index in [-0.39, 0.29) is 23.3 Å². The van der Waals surface area contributed by atoms with Crippen LogP contribution in [0.2, 0.25) is 0 Å². The molecule has 6 nitrogen and oxygen atoms in total. The number of hydrogen-bond donors (Lipinski definition) is 1. The van der Waals surface area contributed by atoms with Crippen molar-refractivity contribution in [2.75, 3.05) is 6.61 Å². The first-order valence-electron chi connectivity index (χ1n) is 10.5. The van der Waals surface area contributed by atoms with Crippen LogP contribution >= 0.6 is 0 Å². The topological polar surface area (TPSA) is 68.8 Å². The minimum atomic E-state index is -4.63. The van der Waals surface area contributed by atoms with Crippen LogP contribution in [0.1, 0.15) is 69.6 Å². The molecular formula is C23H32F3N3O3. The van der Waals surface area contributed by atoms with Crippen molar-refractivity contribution in [1.82, 2.24) is 9.36 Å². The monoisotopic (exact) mass is 455 g/mol. The van der Waals surface area contributed by atoms with E-state index in [0.717, 1.165) is 30.3 Å². The van der Waals surface area contributed by atoms with Gasteiger partial charge in [-0.15, -0.1) is 0 Å². The van der Waals surface area contributed by atoms with Crippen molar-refractivity contribution in [2.45, 2.75) is 71.7 Å². The first-order valence-corrected chi connectivity index (χ1v) is 10.5. The summed E-state index contributed by atoms with van der Waals surface area (Å²) in [6.07, 6.45) is -3.84. The van der Waals surface area contributed by atoms with Gasteiger partial charge in [-0.25, -0.2) is 0 Å². The van der Waals surface area contributed by atoms with Gasteiger partial charge in [-0.05, 0) is 38.5 Å². The standard InChI is InChI=1S/C23H32F3N3O3/c1-8-11-29-19(13-18(28(29)7)21(2,3)4)27-20(30)16-12-15(23(24,25)26)9-10-17(16)32-14-22(5,6)31/h9-10,12-13,31H,8,11,14H2,1-7H3. The number of amides is 1. The van der Waals surface area contributed by atoms with Crippen LogP contribution in [0.15, 0.2) is 29.3 Å². The van der Waals surface area contributed by atoms with Gasteiger partial charge in [0.25, 0.3) is 5.91 Å². The van der Waals surface area contributed by atoms with Crippen LogP contribution in [0.3, 0.4) is 0 Å². The summed E-state index contributed by atoms with van der Waals surface area (Å²) in [5.41, 5.74) is -1.45. The fourth-order valence-electron chi connectivity index (χ4n) is 3.26. The predicted molar refractivity (Wildman–Crippen MR) is 116 cm³/mol. The third kappa shape index (κ3) is 6.25. The minimum absolute atomic E-state index is 0.0668. The summed E-state index contributed by atoms with van der Waals surface area (Å²) in [6, 6.07) is 4.44. The van der Waals surface area contributed by atoms with Crippen molar-refractivity contribution in [2.24, 2.45) is 12.0 Å². The van der Waals surface area contributed by atoms with Gasteiger partial charge in [0.2, 0.25) is 0 Å². The summed E-state index contributed by atoms with van der Waals surface area (Å²) in [4.78, 5) is 17.2. The Bertz CT molecular complexity index is 1040. The average molecular weight is 456 g/mol. The van der Waals surface area contributed by atoms with Crippen LogP contribution in [-0.4, -0.2) is 32.6 Å². The molecule has 0 radical (unpaired) electrons. The molecule has 0 saturated heterocycles. The smallest absolute Gasteiger partial charge is 0.416 e. The molecule has 1 aromatic heterocycles. The van der Waals surface area contributed by atoms with Crippen LogP contribution in [0.5, 0.6) is 5.75 Å². The Morgan fingerprint density at radius 2 is 1.75 bits per heavy atom. The normalized spacial score (nSPS) is 13.5. The number of rotatable bonds is 6. The van der Waals surface area contributed by atoms with Gasteiger partial charge in [0.15, 0.2) is 5.49 Å². The van der Waals surface area contributed by atoms with Gasteiger partial charge in [-0.3, -0.25) is 14.2 Å². The van der Waals surface area contributed by atoms with Crippen LogP contribution in [-0.2, 0) is 25.2 Å². The lowest BCUT2D eigenvalue weighted by molar-refractivity contribution is -0.137. The van der Waals surface area contributed by atoms with Crippen molar-refractivity contribution in [3.05, 3.63) is 46.6 Å². The van der Waals surface area contributed by atoms with Crippen molar-refractivity contribution in [3.8, 4) is 5.75 Å². The Hall–Kier alpha value is -2.55. The average Bonchev–Trinajstić information content (AvgIpc) is 2.95. The number of benzene rings is 1. The zero-order valence-corrected chi connectivity index (χ0v) is 19.7. The maximum Gasteiger partial charge on any atom is 0.416 e. The molecule has 0 spiro atoms. The van der Waals surface area contributed by atoms with Gasteiger partial charge in [-0.1, -0.05) is 27.7 Å². The summed E-state index contributed by atoms with van der Waals surface area (Å²) >= 11 is 0. The Labute approximate surface area is 186 Å². The van der Waals surface area contributed by atoms with Crippen LogP contribution in [0.4, 0.5) is 13.2 Å². The van der Waals surface area contributed by atoms with E-state index in [1.54, 1.807) is 6.07 Å². The molecule has 0 aliphatic heterocycles. The lowest BCUT2D eigenvalue weighted by atomic mass is 9.92. The van der Waals surface area contributed by atoms with Gasteiger partial charge in [0.1, 0.15) is 12.4 Å². The van der Waals surface area contributed by atoms with Crippen LogP contribution < -0.4 is 10.2 Å². The fourth-order valence-corrected chi connectivity index (χ4v) is 3.26. The molecule has 32 heavy (non-hydrogen) atoms. The van der Waals surface area contributed by atoms with Gasteiger partial charge >= 0.3 is 6.18 Å². The maximum absolute atomic E-state index is 13.3. The highest BCUT2D eigenvalue weighted by Gasteiger charge is 2.32. The van der Waals surface area contributed by atoms with E-state index < -0.39 is 23.2 Å². The van der Waals surface area contributed by atoms with Crippen molar-refractivity contribution >= 4 is 5.91 Å². The highest BCUT2D eigenvalue weighted by molar-refractivity contribution is 5.97. The summed E-state index contributed by atoms with van der Waals surface area (Å²) in [5.74, 6) is -0.916. The molecule has 0 unspecified atom stereocenters. The molecule has 0 aliphatic rings. The molecule has 178 valence electrons. The van der Waals surface area contributed by atoms with Crippen LogP contribution in [0, 0.1) is 0 Å². The van der Waals surface area contributed by atoms with Crippen molar-refractivity contribution in [1.29, 1.82) is 0 Å². The number of carbonyl (C=O) groups excluding carboxylic acids is 1. The summed E-state index contributed by atoms with van der Waals surface area (Å²) < 4.78 is 49.1. The Kier molecular flexibility index (Phi) is 7.34. The number of carbonyl (C=O) groups is 1. The van der Waals surface area contributed by atoms with E-state index in [4.69, 9.17) is 4.74 Å². The van der Waals surface area contributed by atoms with Gasteiger partial charge in [0, 0.05) is 30.8 Å². The largest absolute Gasteiger partial charge is 0.490 e. The quantitative estimate of drug-likeness (QED) is 0.700. The zero-order valence-electron chi connectivity index (χ0n) is 19.7. The Balaban J connectivity index is 2.64. The van der Waals surface area contributed by atoms with E-state index in [9.17, 15) is 23.1 Å². The number of aromatic nitrogens is 2. The van der Waals surface area contributed by atoms with E-state index >= 15 is 0 Å². The molecule has 0 saturated carbocycles. The predicted octanol–water partition coefficient (Wildman–Crippen LogP) is 4.44. The summed E-state index contributed by atoms with van der Waals surface area (Å²) in [7, 11) is 1.86. The molecule has 9 heteroatoms. The summed E-state index contributed by atoms with van der Waals surface area (Å²) in [6.45, 7) is 11.4. The second-order valence-corrected chi connectivity index (χ2v) is 9.51. The lowest BCUT2D eigenvalue weighted by Crippen LogP contribution is -2.28. The molecule has 0 fully saturated rings. The van der Waals surface area contributed by atoms with E-state index in [2.05, 4.69) is 4.99 Å². The molecule has 1 N–H and O–H groups in total. The highest BCUT2D eigenvalue weighted by atomic mass is 19.4. The Morgan fingerprint density at radius 1 is 1.12 bits per heavy atom. The molecule has 0 bridgehead atoms. The third-order valence-electron chi connectivity index (χ3n) is 4.78. The Morgan fingerprint density at radius 3 is 2.25 bits per heavy atom. The number of aliphatic hydroxyl groups is 1. The lowest BCUT2D eigenvalue weighted by Gasteiger charge is -2.20. The second-order valence-electron chi connectivity index (χ2n) is 9.51. The van der Waals surface area contributed by atoms with Gasteiger partial charge in [-0.2, -0.15) is 18.2 Å². The number of halogens is 3. The molecule has 0 aliphatic carbocycles. The molecule has 1 heterocycles. The molecular weight excluding hydrogens is 423 g/mol. The number of ether oxygens (including phenoxy) is 1. The second kappa shape index (κ2) is 9.13. The minimum Gasteiger partial charge on any atom is -0.490 e. The van der Waals surface area contributed by atoms with E-state index in [0.29, 0.717) is 12.0 Å². The summed E-state index contributed by atoms with van der Waals surface area (Å²) in [5, 5.41) is 9.91. The molecule has 0 atom stereocenters. The van der Waals surface area contributed by atoms with Crippen LogP contribution in [0.25, 0.3) is 0 Å². The molecule has 2 aromatic rings. The zero-order chi connectivity index (χ0) is 24.5. The van der Waals surface area contributed by atoms with Crippen molar-refractivity contribution < 1.29 is 27.8 Å². The number of nitrogens with zero attached hydrogens (tertiary/aromatic N) is 3. The highest BCUT2D eigenvalue weighted by Crippen LogP contribution is 2.33. The van der Waals surface area contributed by atoms with Gasteiger partial charge in [0.05, 0.1) is 16.7 Å². The molecule has 1 amide bonds. The third-order valence-corrected chi connectivity index (χ3v) is 4.78. The van der Waals surface area contributed by atoms with E-state index in [1.807, 2.05) is 44.1 Å². The maximum atomic E-state index is 13.3. The van der Waals surface area contributed by atoms with Gasteiger partial charge < -0.3 is 9.84 Å². The number of alkyl halides is 3. The first kappa shape index (κ1) is 25.7. The SMILES string of the molecule is CCCn1c(=NC(=O)c2cc(C(F)(F)F)ccc2OCC(C)(C)O)cc(C(C)(C)C)n1C. The fraction of sp³-hybridized carbons (Fsp3) is 0.565.